The van der Waals surface area contributed by atoms with Gasteiger partial charge in [-0.2, -0.15) is 0 Å². The minimum atomic E-state index is 0.436. The number of nitrogens with one attached hydrogen (secondary N) is 1. The Hall–Kier alpha value is -1.16. The van der Waals surface area contributed by atoms with Gasteiger partial charge in [0.05, 0.1) is 0 Å². The summed E-state index contributed by atoms with van der Waals surface area (Å²) < 4.78 is 0. The second-order valence-corrected chi connectivity index (χ2v) is 5.31. The van der Waals surface area contributed by atoms with Gasteiger partial charge in [-0.25, -0.2) is 9.97 Å². The highest BCUT2D eigenvalue weighted by molar-refractivity contribution is 5.33. The zero-order valence-corrected chi connectivity index (χ0v) is 13.0. The van der Waals surface area contributed by atoms with Crippen molar-refractivity contribution in [2.75, 3.05) is 18.5 Å². The highest BCUT2D eigenvalue weighted by Crippen LogP contribution is 2.15. The quantitative estimate of drug-likeness (QED) is 0.733. The molecule has 0 saturated heterocycles. The predicted octanol–water partition coefficient (Wildman–Crippen LogP) is 2.91. The lowest BCUT2D eigenvalue weighted by atomic mass is 10.2. The standard InChI is InChI=1S/C15H28N4/c1-6-7-8-9-19(12(2)3)15-17-11-14(10-16-5)13(4)18-15/h11-12,16H,6-10H2,1-5H3. The molecule has 0 unspecified atom stereocenters. The van der Waals surface area contributed by atoms with Gasteiger partial charge in [-0.1, -0.05) is 19.8 Å². The number of aryl methyl sites for hydroxylation is 1. The van der Waals surface area contributed by atoms with Crippen LogP contribution in [0.2, 0.25) is 0 Å². The van der Waals surface area contributed by atoms with Crippen LogP contribution in [0.1, 0.15) is 51.3 Å². The maximum atomic E-state index is 4.67. The Morgan fingerprint density at radius 1 is 1.32 bits per heavy atom. The molecule has 0 atom stereocenters. The molecule has 0 saturated carbocycles. The van der Waals surface area contributed by atoms with Crippen LogP contribution in [0, 0.1) is 6.92 Å². The van der Waals surface area contributed by atoms with Gasteiger partial charge in [-0.3, -0.25) is 0 Å². The molecule has 1 rings (SSSR count). The Morgan fingerprint density at radius 3 is 2.58 bits per heavy atom. The van der Waals surface area contributed by atoms with Crippen molar-refractivity contribution in [2.24, 2.45) is 0 Å². The molecule has 19 heavy (non-hydrogen) atoms. The molecule has 0 spiro atoms. The lowest BCUT2D eigenvalue weighted by Crippen LogP contribution is -2.33. The topological polar surface area (TPSA) is 41.1 Å². The van der Waals surface area contributed by atoms with Crippen molar-refractivity contribution in [2.45, 2.75) is 59.5 Å². The van der Waals surface area contributed by atoms with Gasteiger partial charge in [0.2, 0.25) is 5.95 Å². The van der Waals surface area contributed by atoms with E-state index in [1.54, 1.807) is 0 Å². The van der Waals surface area contributed by atoms with E-state index in [9.17, 15) is 0 Å². The van der Waals surface area contributed by atoms with Crippen LogP contribution < -0.4 is 10.2 Å². The smallest absolute Gasteiger partial charge is 0.225 e. The third-order valence-electron chi connectivity index (χ3n) is 3.32. The van der Waals surface area contributed by atoms with Crippen LogP contribution in [0.25, 0.3) is 0 Å². The minimum absolute atomic E-state index is 0.436. The molecule has 4 heteroatoms. The van der Waals surface area contributed by atoms with Gasteiger partial charge in [-0.05, 0) is 34.2 Å². The van der Waals surface area contributed by atoms with E-state index in [1.807, 2.05) is 13.2 Å². The normalized spacial score (nSPS) is 11.1. The third-order valence-corrected chi connectivity index (χ3v) is 3.32. The molecule has 1 N–H and O–H groups in total. The van der Waals surface area contributed by atoms with E-state index in [2.05, 4.69) is 47.9 Å². The summed E-state index contributed by atoms with van der Waals surface area (Å²) in [6.07, 6.45) is 5.66. The zero-order chi connectivity index (χ0) is 14.3. The molecular weight excluding hydrogens is 236 g/mol. The van der Waals surface area contributed by atoms with Gasteiger partial charge in [0.25, 0.3) is 0 Å². The Morgan fingerprint density at radius 2 is 2.05 bits per heavy atom. The van der Waals surface area contributed by atoms with Gasteiger partial charge < -0.3 is 10.2 Å². The summed E-state index contributed by atoms with van der Waals surface area (Å²) in [6, 6.07) is 0.436. The first-order valence-corrected chi connectivity index (χ1v) is 7.33. The molecule has 0 amide bonds. The van der Waals surface area contributed by atoms with Gasteiger partial charge in [0.1, 0.15) is 0 Å². The molecule has 1 aromatic rings. The number of anilines is 1. The second-order valence-electron chi connectivity index (χ2n) is 5.31. The maximum absolute atomic E-state index is 4.67. The number of unbranched alkanes of at least 4 members (excludes halogenated alkanes) is 2. The maximum Gasteiger partial charge on any atom is 0.225 e. The summed E-state index contributed by atoms with van der Waals surface area (Å²) in [7, 11) is 1.94. The first-order chi connectivity index (χ1) is 9.10. The predicted molar refractivity (Wildman–Crippen MR) is 81.5 cm³/mol. The Bertz CT molecular complexity index is 376. The minimum Gasteiger partial charge on any atom is -0.338 e. The molecule has 1 heterocycles. The van der Waals surface area contributed by atoms with Gasteiger partial charge in [0.15, 0.2) is 0 Å². The van der Waals surface area contributed by atoms with Gasteiger partial charge in [0, 0.05) is 36.6 Å². The van der Waals surface area contributed by atoms with E-state index < -0.39 is 0 Å². The Balaban J connectivity index is 2.81. The summed E-state index contributed by atoms with van der Waals surface area (Å²) in [5, 5.41) is 3.14. The van der Waals surface area contributed by atoms with E-state index in [0.29, 0.717) is 6.04 Å². The molecule has 0 aliphatic heterocycles. The number of rotatable bonds is 8. The Kier molecular flexibility index (Phi) is 6.78. The molecule has 0 aliphatic carbocycles. The van der Waals surface area contributed by atoms with Crippen molar-refractivity contribution in [3.05, 3.63) is 17.5 Å². The van der Waals surface area contributed by atoms with E-state index in [4.69, 9.17) is 0 Å². The van der Waals surface area contributed by atoms with E-state index in [1.165, 1.54) is 24.8 Å². The average molecular weight is 264 g/mol. The monoisotopic (exact) mass is 264 g/mol. The van der Waals surface area contributed by atoms with Crippen LogP contribution in [0.4, 0.5) is 5.95 Å². The second kappa shape index (κ2) is 8.10. The molecule has 4 nitrogen and oxygen atoms in total. The van der Waals surface area contributed by atoms with Crippen LogP contribution in [0.15, 0.2) is 6.20 Å². The SMILES string of the molecule is CCCCCN(c1ncc(CNC)c(C)n1)C(C)C. The van der Waals surface area contributed by atoms with Crippen molar-refractivity contribution in [3.8, 4) is 0 Å². The molecule has 0 bridgehead atoms. The van der Waals surface area contributed by atoms with Crippen LogP contribution in [-0.2, 0) is 6.54 Å². The Labute approximate surface area is 117 Å². The first kappa shape index (κ1) is 15.9. The van der Waals surface area contributed by atoms with Crippen molar-refractivity contribution in [1.82, 2.24) is 15.3 Å². The van der Waals surface area contributed by atoms with Crippen LogP contribution in [0.5, 0.6) is 0 Å². The highest BCUT2D eigenvalue weighted by Gasteiger charge is 2.14. The van der Waals surface area contributed by atoms with Gasteiger partial charge in [-0.15, -0.1) is 0 Å². The molecular formula is C15H28N4. The summed E-state index contributed by atoms with van der Waals surface area (Å²) in [5.41, 5.74) is 2.24. The van der Waals surface area contributed by atoms with E-state index in [0.717, 1.165) is 24.7 Å². The van der Waals surface area contributed by atoms with E-state index in [-0.39, 0.29) is 0 Å². The molecule has 0 radical (unpaired) electrons. The summed E-state index contributed by atoms with van der Waals surface area (Å²) >= 11 is 0. The fourth-order valence-electron chi connectivity index (χ4n) is 2.10. The van der Waals surface area contributed by atoms with Crippen LogP contribution >= 0.6 is 0 Å². The molecule has 1 aromatic heterocycles. The fourth-order valence-corrected chi connectivity index (χ4v) is 2.10. The van der Waals surface area contributed by atoms with E-state index >= 15 is 0 Å². The highest BCUT2D eigenvalue weighted by atomic mass is 15.3. The third kappa shape index (κ3) is 4.78. The number of aromatic nitrogens is 2. The van der Waals surface area contributed by atoms with Crippen molar-refractivity contribution < 1.29 is 0 Å². The molecule has 0 aliphatic rings. The zero-order valence-electron chi connectivity index (χ0n) is 13.0. The lowest BCUT2D eigenvalue weighted by Gasteiger charge is -2.27. The largest absolute Gasteiger partial charge is 0.338 e. The molecule has 0 fully saturated rings. The molecule has 0 aromatic carbocycles. The van der Waals surface area contributed by atoms with Crippen LogP contribution in [0.3, 0.4) is 0 Å². The van der Waals surface area contributed by atoms with Gasteiger partial charge >= 0.3 is 0 Å². The number of hydrogen-bond acceptors (Lipinski definition) is 4. The summed E-state index contributed by atoms with van der Waals surface area (Å²) in [5.74, 6) is 0.864. The lowest BCUT2D eigenvalue weighted by molar-refractivity contribution is 0.610. The summed E-state index contributed by atoms with van der Waals surface area (Å²) in [4.78, 5) is 11.5. The molecule has 108 valence electrons. The number of nitrogens with zero attached hydrogens (tertiary/aromatic N) is 3. The number of hydrogen-bond donors (Lipinski definition) is 1. The summed E-state index contributed by atoms with van der Waals surface area (Å²) in [6.45, 7) is 10.5. The first-order valence-electron chi connectivity index (χ1n) is 7.33. The van der Waals surface area contributed by atoms with Crippen LogP contribution in [-0.4, -0.2) is 29.6 Å². The van der Waals surface area contributed by atoms with Crippen molar-refractivity contribution in [1.29, 1.82) is 0 Å². The van der Waals surface area contributed by atoms with Crippen molar-refractivity contribution >= 4 is 5.95 Å². The van der Waals surface area contributed by atoms with Crippen molar-refractivity contribution in [3.63, 3.8) is 0 Å². The average Bonchev–Trinajstić information content (AvgIpc) is 2.37. The fraction of sp³-hybridized carbons (Fsp3) is 0.733.